The zero-order valence-electron chi connectivity index (χ0n) is 14.1. The third-order valence-electron chi connectivity index (χ3n) is 3.85. The first kappa shape index (κ1) is 18.4. The van der Waals surface area contributed by atoms with E-state index in [0.29, 0.717) is 20.5 Å². The molecule has 3 aromatic rings. The number of esters is 1. The van der Waals surface area contributed by atoms with Crippen molar-refractivity contribution >= 4 is 61.2 Å². The zero-order valence-corrected chi connectivity index (χ0v) is 16.5. The third kappa shape index (κ3) is 3.07. The molecule has 0 aliphatic heterocycles. The Morgan fingerprint density at radius 2 is 1.96 bits per heavy atom. The first-order valence-electron chi connectivity index (χ1n) is 7.49. The second-order valence-electron chi connectivity index (χ2n) is 5.56. The van der Waals surface area contributed by atoms with Crippen molar-refractivity contribution in [2.75, 3.05) is 12.4 Å². The second-order valence-corrected chi connectivity index (χ2v) is 8.01. The van der Waals surface area contributed by atoms with Crippen LogP contribution in [0.15, 0.2) is 18.2 Å². The maximum atomic E-state index is 12.7. The van der Waals surface area contributed by atoms with Crippen LogP contribution < -0.4 is 5.32 Å². The number of halogens is 1. The van der Waals surface area contributed by atoms with Gasteiger partial charge in [0.25, 0.3) is 5.91 Å². The SMILES string of the molecule is COC(=O)c1sc(NC(=O)c2sc3cc(C)ccc3c2Cl)c(C#N)c1C. The minimum atomic E-state index is -0.542. The van der Waals surface area contributed by atoms with E-state index in [4.69, 9.17) is 16.3 Å². The highest BCUT2D eigenvalue weighted by Crippen LogP contribution is 2.38. The summed E-state index contributed by atoms with van der Waals surface area (Å²) in [5.74, 6) is -0.956. The van der Waals surface area contributed by atoms with Gasteiger partial charge in [-0.05, 0) is 31.0 Å². The van der Waals surface area contributed by atoms with Gasteiger partial charge in [-0.1, -0.05) is 23.7 Å². The summed E-state index contributed by atoms with van der Waals surface area (Å²) in [5.41, 5.74) is 1.81. The molecule has 8 heteroatoms. The molecule has 1 aromatic carbocycles. The topological polar surface area (TPSA) is 79.2 Å². The smallest absolute Gasteiger partial charge is 0.348 e. The highest BCUT2D eigenvalue weighted by molar-refractivity contribution is 7.22. The van der Waals surface area contributed by atoms with Gasteiger partial charge in [-0.25, -0.2) is 4.79 Å². The number of carbonyl (C=O) groups is 2. The summed E-state index contributed by atoms with van der Waals surface area (Å²) in [5, 5.41) is 13.6. The van der Waals surface area contributed by atoms with Gasteiger partial charge in [-0.15, -0.1) is 22.7 Å². The molecule has 26 heavy (non-hydrogen) atoms. The average Bonchev–Trinajstić information content (AvgIpc) is 3.11. The summed E-state index contributed by atoms with van der Waals surface area (Å²) >= 11 is 8.67. The number of benzene rings is 1. The van der Waals surface area contributed by atoms with Gasteiger partial charge in [0.1, 0.15) is 20.8 Å². The van der Waals surface area contributed by atoms with E-state index in [9.17, 15) is 14.9 Å². The van der Waals surface area contributed by atoms with Crippen LogP contribution in [0.5, 0.6) is 0 Å². The molecule has 0 bridgehead atoms. The summed E-state index contributed by atoms with van der Waals surface area (Å²) in [6.07, 6.45) is 0. The summed E-state index contributed by atoms with van der Waals surface area (Å²) in [6, 6.07) is 7.81. The van der Waals surface area contributed by atoms with E-state index in [0.717, 1.165) is 27.0 Å². The lowest BCUT2D eigenvalue weighted by Gasteiger charge is -2.01. The van der Waals surface area contributed by atoms with Crippen molar-refractivity contribution in [3.8, 4) is 6.07 Å². The number of amides is 1. The lowest BCUT2D eigenvalue weighted by molar-refractivity contribution is 0.0605. The number of hydrogen-bond acceptors (Lipinski definition) is 6. The van der Waals surface area contributed by atoms with Gasteiger partial charge in [-0.2, -0.15) is 5.26 Å². The Bertz CT molecular complexity index is 1090. The molecule has 0 aliphatic rings. The molecule has 1 amide bonds. The number of nitrogens with one attached hydrogen (secondary N) is 1. The molecule has 0 fully saturated rings. The van der Waals surface area contributed by atoms with Crippen LogP contribution in [-0.4, -0.2) is 19.0 Å². The van der Waals surface area contributed by atoms with Crippen molar-refractivity contribution in [3.05, 3.63) is 49.7 Å². The molecule has 0 unspecified atom stereocenters. The number of ether oxygens (including phenoxy) is 1. The van der Waals surface area contributed by atoms with Crippen LogP contribution in [0.3, 0.4) is 0 Å². The van der Waals surface area contributed by atoms with Gasteiger partial charge in [0, 0.05) is 10.1 Å². The number of hydrogen-bond donors (Lipinski definition) is 1. The molecule has 0 aliphatic carbocycles. The molecule has 2 heterocycles. The molecular weight excluding hydrogens is 392 g/mol. The minimum absolute atomic E-state index is 0.247. The minimum Gasteiger partial charge on any atom is -0.465 e. The number of anilines is 1. The van der Waals surface area contributed by atoms with Crippen molar-refractivity contribution in [1.29, 1.82) is 5.26 Å². The van der Waals surface area contributed by atoms with E-state index >= 15 is 0 Å². The van der Waals surface area contributed by atoms with Crippen LogP contribution in [0.4, 0.5) is 5.00 Å². The van der Waals surface area contributed by atoms with E-state index in [2.05, 4.69) is 5.32 Å². The number of fused-ring (bicyclic) bond motifs is 1. The van der Waals surface area contributed by atoms with Crippen LogP contribution >= 0.6 is 34.3 Å². The molecule has 0 saturated heterocycles. The predicted molar refractivity (Wildman–Crippen MR) is 105 cm³/mol. The van der Waals surface area contributed by atoms with Crippen LogP contribution in [0.2, 0.25) is 5.02 Å². The number of aryl methyl sites for hydroxylation is 1. The number of rotatable bonds is 3. The molecule has 0 radical (unpaired) electrons. The Labute approximate surface area is 162 Å². The number of thiophene rings is 2. The molecule has 3 rings (SSSR count). The van der Waals surface area contributed by atoms with Gasteiger partial charge >= 0.3 is 5.97 Å². The van der Waals surface area contributed by atoms with Crippen molar-refractivity contribution in [3.63, 3.8) is 0 Å². The highest BCUT2D eigenvalue weighted by Gasteiger charge is 2.24. The molecule has 1 N–H and O–H groups in total. The lowest BCUT2D eigenvalue weighted by atomic mass is 10.1. The molecule has 0 spiro atoms. The van der Waals surface area contributed by atoms with Crippen LogP contribution in [0, 0.1) is 25.2 Å². The summed E-state index contributed by atoms with van der Waals surface area (Å²) in [6.45, 7) is 3.61. The van der Waals surface area contributed by atoms with Crippen LogP contribution in [0.1, 0.15) is 36.0 Å². The number of carbonyl (C=O) groups excluding carboxylic acids is 2. The maximum Gasteiger partial charge on any atom is 0.348 e. The maximum absolute atomic E-state index is 12.7. The molecular formula is C18H13ClN2O3S2. The summed E-state index contributed by atoms with van der Waals surface area (Å²) in [7, 11) is 1.27. The quantitative estimate of drug-likeness (QED) is 0.612. The van der Waals surface area contributed by atoms with Crippen molar-refractivity contribution in [2.45, 2.75) is 13.8 Å². The van der Waals surface area contributed by atoms with Gasteiger partial charge in [0.05, 0.1) is 17.7 Å². The number of nitriles is 1. The van der Waals surface area contributed by atoms with Crippen LogP contribution in [0.25, 0.3) is 10.1 Å². The zero-order chi connectivity index (χ0) is 19.0. The normalized spacial score (nSPS) is 10.6. The standard InChI is InChI=1S/C18H13ClN2O3S2/c1-8-4-5-10-12(6-8)25-15(13(10)19)16(22)21-17-11(7-20)9(2)14(26-17)18(23)24-3/h4-6H,1-3H3,(H,21,22). The molecule has 132 valence electrons. The van der Waals surface area contributed by atoms with E-state index in [1.807, 2.05) is 31.2 Å². The second kappa shape index (κ2) is 7.08. The van der Waals surface area contributed by atoms with E-state index < -0.39 is 11.9 Å². The fraction of sp³-hybridized carbons (Fsp3) is 0.167. The molecule has 2 aromatic heterocycles. The van der Waals surface area contributed by atoms with E-state index in [1.165, 1.54) is 18.4 Å². The first-order valence-corrected chi connectivity index (χ1v) is 9.50. The fourth-order valence-corrected chi connectivity index (χ4v) is 5.08. The Kier molecular flexibility index (Phi) is 5.01. The van der Waals surface area contributed by atoms with Crippen molar-refractivity contribution in [2.24, 2.45) is 0 Å². The van der Waals surface area contributed by atoms with Crippen molar-refractivity contribution < 1.29 is 14.3 Å². The van der Waals surface area contributed by atoms with Gasteiger partial charge < -0.3 is 10.1 Å². The van der Waals surface area contributed by atoms with E-state index in [-0.39, 0.29) is 10.4 Å². The van der Waals surface area contributed by atoms with Gasteiger partial charge in [0.2, 0.25) is 0 Å². The van der Waals surface area contributed by atoms with Crippen molar-refractivity contribution in [1.82, 2.24) is 0 Å². The van der Waals surface area contributed by atoms with Gasteiger partial charge in [-0.3, -0.25) is 4.79 Å². The van der Waals surface area contributed by atoms with E-state index in [1.54, 1.807) is 6.92 Å². The first-order chi connectivity index (χ1) is 12.4. The molecule has 0 atom stereocenters. The Balaban J connectivity index is 2.00. The monoisotopic (exact) mass is 404 g/mol. The Morgan fingerprint density at radius 3 is 2.62 bits per heavy atom. The Hall–Kier alpha value is -2.40. The summed E-state index contributed by atoms with van der Waals surface area (Å²) in [4.78, 5) is 25.2. The lowest BCUT2D eigenvalue weighted by Crippen LogP contribution is -2.10. The Morgan fingerprint density at radius 1 is 1.23 bits per heavy atom. The van der Waals surface area contributed by atoms with Crippen LogP contribution in [-0.2, 0) is 4.74 Å². The molecule has 5 nitrogen and oxygen atoms in total. The average molecular weight is 405 g/mol. The van der Waals surface area contributed by atoms with Gasteiger partial charge in [0.15, 0.2) is 0 Å². The number of nitrogens with zero attached hydrogens (tertiary/aromatic N) is 1. The molecule has 0 saturated carbocycles. The summed E-state index contributed by atoms with van der Waals surface area (Å²) < 4.78 is 5.64. The predicted octanol–water partition coefficient (Wildman–Crippen LogP) is 5.14. The largest absolute Gasteiger partial charge is 0.465 e. The third-order valence-corrected chi connectivity index (χ3v) is 6.69. The number of methoxy groups -OCH3 is 1. The highest BCUT2D eigenvalue weighted by atomic mass is 35.5. The fourth-order valence-electron chi connectivity index (χ4n) is 2.50.